The zero-order chi connectivity index (χ0) is 47.3. The van der Waals surface area contributed by atoms with Crippen molar-refractivity contribution in [3.05, 3.63) is 53.6 Å². The van der Waals surface area contributed by atoms with Crippen molar-refractivity contribution in [2.24, 2.45) is 0 Å². The first-order valence-corrected chi connectivity index (χ1v) is 24.7. The SMILES string of the molecule is CNCC(O)COc1cccc(-c2nc(NC3CCOC3)c(C)c(N3CC(Cl)CC(Nc4cc(OCC(O)CNC)cc(-c5nc(N[C@@H]6CCOC6)c(C)c(N6C[C@H]7C[C@@H]6CN7C)n5)c4)C3)n2)c1. The standard InChI is InChI=1S/C49H69ClN12O6/c1-29-44(54-34-9-11-65-25-34)56-46(31-7-6-8-42(14-31)67-27-40(63)19-51-3)58-48(29)61-21-33(50)16-37(22-61)53-36-13-32(15-43(17-36)68-28-41(64)20-52-4)47-57-45(55-35-10-12-66-26-35)30(2)49(59-47)62-24-38-18-39(62)23-60(38)5/h6-8,13-15,17,33-35,37-41,51-53,63-64H,9-12,16,18-28H2,1-5H3,(H,54,56,58)(H,55,57,59)/t33?,34?,35-,37?,38-,39-,40?,41?/m1/s1. The fraction of sp³-hybridized carbons (Fsp3) is 0.592. The lowest BCUT2D eigenvalue weighted by Gasteiger charge is -2.38. The molecule has 2 aromatic heterocycles. The molecular weight excluding hydrogens is 888 g/mol. The molecule has 8 atom stereocenters. The fourth-order valence-electron chi connectivity index (χ4n) is 10.1. The second-order valence-corrected chi connectivity index (χ2v) is 19.7. The number of rotatable bonds is 20. The van der Waals surface area contributed by atoms with Crippen LogP contribution in [-0.4, -0.2) is 183 Å². The molecule has 68 heavy (non-hydrogen) atoms. The van der Waals surface area contributed by atoms with Crippen LogP contribution in [0.1, 0.15) is 36.8 Å². The Kier molecular flexibility index (Phi) is 15.5. The second kappa shape index (κ2) is 21.9. The number of aliphatic hydroxyl groups excluding tert-OH is 2. The number of nitrogens with one attached hydrogen (secondary N) is 5. The smallest absolute Gasteiger partial charge is 0.164 e. The molecular formula is C49H69ClN12O6. The maximum absolute atomic E-state index is 10.7. The van der Waals surface area contributed by atoms with Gasteiger partial charge in [-0.3, -0.25) is 4.90 Å². The summed E-state index contributed by atoms with van der Waals surface area (Å²) in [7, 11) is 5.82. The van der Waals surface area contributed by atoms with Gasteiger partial charge >= 0.3 is 0 Å². The summed E-state index contributed by atoms with van der Waals surface area (Å²) < 4.78 is 23.8. The molecule has 18 nitrogen and oxygen atoms in total. The van der Waals surface area contributed by atoms with Crippen LogP contribution in [-0.2, 0) is 9.47 Å². The van der Waals surface area contributed by atoms with Crippen molar-refractivity contribution in [3.8, 4) is 34.3 Å². The number of fused-ring (bicyclic) bond motifs is 2. The second-order valence-electron chi connectivity index (χ2n) is 19.1. The highest BCUT2D eigenvalue weighted by atomic mass is 35.5. The number of likely N-dealkylation sites (tertiary alicyclic amines) is 1. The van der Waals surface area contributed by atoms with Gasteiger partial charge in [-0.2, -0.15) is 0 Å². The monoisotopic (exact) mass is 957 g/mol. The number of halogens is 1. The largest absolute Gasteiger partial charge is 0.491 e. The number of hydrogen-bond donors (Lipinski definition) is 7. The van der Waals surface area contributed by atoms with E-state index < -0.39 is 12.2 Å². The Morgan fingerprint density at radius 2 is 1.34 bits per heavy atom. The summed E-state index contributed by atoms with van der Waals surface area (Å²) in [6, 6.07) is 14.8. The minimum absolute atomic E-state index is 0.0892. The van der Waals surface area contributed by atoms with E-state index in [1.165, 1.54) is 0 Å². The molecule has 5 aliphatic heterocycles. The molecule has 7 heterocycles. The molecule has 9 rings (SSSR count). The van der Waals surface area contributed by atoms with E-state index in [1.54, 1.807) is 7.05 Å². The van der Waals surface area contributed by atoms with Crippen LogP contribution in [0.5, 0.6) is 11.5 Å². The average Bonchev–Trinajstić information content (AvgIpc) is 4.17. The predicted octanol–water partition coefficient (Wildman–Crippen LogP) is 3.73. The fourth-order valence-corrected chi connectivity index (χ4v) is 10.5. The highest BCUT2D eigenvalue weighted by Gasteiger charge is 2.43. The van der Waals surface area contributed by atoms with Crippen LogP contribution >= 0.6 is 11.6 Å². The summed E-state index contributed by atoms with van der Waals surface area (Å²) in [5.41, 5.74) is 4.36. The molecule has 5 unspecified atom stereocenters. The van der Waals surface area contributed by atoms with E-state index in [9.17, 15) is 10.2 Å². The van der Waals surface area contributed by atoms with Crippen LogP contribution in [0.3, 0.4) is 0 Å². The van der Waals surface area contributed by atoms with Gasteiger partial charge in [-0.1, -0.05) is 12.1 Å². The molecule has 5 saturated heterocycles. The summed E-state index contributed by atoms with van der Waals surface area (Å²) in [6.45, 7) is 11.0. The molecule has 0 saturated carbocycles. The number of alkyl halides is 1. The van der Waals surface area contributed by atoms with Crippen molar-refractivity contribution >= 4 is 40.6 Å². The summed E-state index contributed by atoms with van der Waals surface area (Å²) in [6.07, 6.45) is 2.26. The molecule has 0 radical (unpaired) electrons. The first-order valence-electron chi connectivity index (χ1n) is 24.2. The van der Waals surface area contributed by atoms with Crippen LogP contribution in [0.15, 0.2) is 42.5 Å². The number of piperidine rings is 1. The van der Waals surface area contributed by atoms with Crippen LogP contribution < -0.4 is 45.9 Å². The van der Waals surface area contributed by atoms with Crippen LogP contribution in [0, 0.1) is 13.8 Å². The first kappa shape index (κ1) is 48.2. The highest BCUT2D eigenvalue weighted by Crippen LogP contribution is 2.39. The molecule has 4 aromatic rings. The Hall–Kier alpha value is -4.79. The molecule has 5 aliphatic rings. The summed E-state index contributed by atoms with van der Waals surface area (Å²) >= 11 is 7.20. The van der Waals surface area contributed by atoms with E-state index in [0.29, 0.717) is 87.7 Å². The minimum atomic E-state index is -0.702. The average molecular weight is 958 g/mol. The highest BCUT2D eigenvalue weighted by molar-refractivity contribution is 6.21. The molecule has 2 aromatic carbocycles. The maximum atomic E-state index is 10.7. The summed E-state index contributed by atoms with van der Waals surface area (Å²) in [5, 5.41) is 38.0. The minimum Gasteiger partial charge on any atom is -0.491 e. The van der Waals surface area contributed by atoms with Crippen molar-refractivity contribution < 1.29 is 29.2 Å². The van der Waals surface area contributed by atoms with Gasteiger partial charge in [-0.05, 0) is 84.9 Å². The number of aliphatic hydroxyl groups is 2. The number of likely N-dealkylation sites (N-methyl/N-ethyl adjacent to an activating group) is 3. The molecule has 5 fully saturated rings. The quantitative estimate of drug-likeness (QED) is 0.0632. The summed E-state index contributed by atoms with van der Waals surface area (Å²) in [4.78, 5) is 28.0. The van der Waals surface area contributed by atoms with E-state index in [4.69, 9.17) is 50.5 Å². The Morgan fingerprint density at radius 3 is 1.96 bits per heavy atom. The van der Waals surface area contributed by atoms with Gasteiger partial charge in [0.05, 0.1) is 30.7 Å². The topological polar surface area (TPSA) is 199 Å². The van der Waals surface area contributed by atoms with Gasteiger partial charge < -0.3 is 65.5 Å². The van der Waals surface area contributed by atoms with E-state index in [0.717, 1.165) is 90.2 Å². The molecule has 0 amide bonds. The van der Waals surface area contributed by atoms with Crippen LogP contribution in [0.25, 0.3) is 22.8 Å². The lowest BCUT2D eigenvalue weighted by molar-refractivity contribution is 0.108. The molecule has 368 valence electrons. The zero-order valence-electron chi connectivity index (χ0n) is 40.0. The van der Waals surface area contributed by atoms with Gasteiger partial charge in [-0.25, -0.2) is 19.9 Å². The number of ether oxygens (including phenoxy) is 4. The van der Waals surface area contributed by atoms with Crippen molar-refractivity contribution in [1.82, 2.24) is 35.5 Å². The van der Waals surface area contributed by atoms with Crippen LogP contribution in [0.2, 0.25) is 0 Å². The number of benzene rings is 2. The normalized spacial score (nSPS) is 24.6. The third-order valence-electron chi connectivity index (χ3n) is 13.7. The Balaban J connectivity index is 1.03. The van der Waals surface area contributed by atoms with Crippen molar-refractivity contribution in [3.63, 3.8) is 0 Å². The van der Waals surface area contributed by atoms with Gasteiger partial charge in [0.15, 0.2) is 11.6 Å². The number of aromatic nitrogens is 4. The van der Waals surface area contributed by atoms with E-state index >= 15 is 0 Å². The number of nitrogens with zero attached hydrogens (tertiary/aromatic N) is 7. The summed E-state index contributed by atoms with van der Waals surface area (Å²) in [5.74, 6) is 5.64. The molecule has 0 aliphatic carbocycles. The van der Waals surface area contributed by atoms with Crippen molar-refractivity contribution in [2.45, 2.75) is 87.3 Å². The van der Waals surface area contributed by atoms with Crippen LogP contribution in [0.4, 0.5) is 29.0 Å². The van der Waals surface area contributed by atoms with E-state index in [-0.39, 0.29) is 36.7 Å². The Morgan fingerprint density at radius 1 is 0.706 bits per heavy atom. The predicted molar refractivity (Wildman–Crippen MR) is 267 cm³/mol. The van der Waals surface area contributed by atoms with E-state index in [2.05, 4.69) is 68.2 Å². The Labute approximate surface area is 404 Å². The molecule has 2 bridgehead atoms. The third-order valence-corrected chi connectivity index (χ3v) is 14.0. The van der Waals surface area contributed by atoms with Gasteiger partial charge in [-0.15, -0.1) is 11.6 Å². The van der Waals surface area contributed by atoms with Gasteiger partial charge in [0.25, 0.3) is 0 Å². The maximum Gasteiger partial charge on any atom is 0.164 e. The zero-order valence-corrected chi connectivity index (χ0v) is 40.8. The molecule has 19 heteroatoms. The number of anilines is 5. The first-order chi connectivity index (χ1) is 33.0. The lowest BCUT2D eigenvalue weighted by Crippen LogP contribution is -2.47. The van der Waals surface area contributed by atoms with Crippen molar-refractivity contribution in [1.29, 1.82) is 0 Å². The van der Waals surface area contributed by atoms with E-state index in [1.807, 2.05) is 43.4 Å². The van der Waals surface area contributed by atoms with Gasteiger partial charge in [0.2, 0.25) is 0 Å². The van der Waals surface area contributed by atoms with Gasteiger partial charge in [0.1, 0.15) is 60.2 Å². The Bertz CT molecular complexity index is 2340. The number of piperazine rings is 1. The lowest BCUT2D eigenvalue weighted by atomic mass is 10.0. The number of hydrogen-bond acceptors (Lipinski definition) is 18. The molecule has 0 spiro atoms. The third kappa shape index (κ3) is 11.5. The van der Waals surface area contributed by atoms with Crippen molar-refractivity contribution in [2.75, 3.05) is 126 Å². The van der Waals surface area contributed by atoms with Gasteiger partial charge in [0, 0.05) is 105 Å². The molecule has 7 N–H and O–H groups in total.